The Labute approximate surface area is 235 Å². The summed E-state index contributed by atoms with van der Waals surface area (Å²) in [5.74, 6) is 2.01. The number of carbonyl (C=O) groups excluding carboxylic acids is 1. The lowest BCUT2D eigenvalue weighted by molar-refractivity contribution is 0.0600. The Bertz CT molecular complexity index is 1160. The second kappa shape index (κ2) is 14.1. The smallest absolute Gasteiger partial charge is 0.405 e. The van der Waals surface area contributed by atoms with E-state index in [0.29, 0.717) is 0 Å². The van der Waals surface area contributed by atoms with Crippen LogP contribution in [0.2, 0.25) is 0 Å². The van der Waals surface area contributed by atoms with Gasteiger partial charge in [0.2, 0.25) is 0 Å². The third-order valence-corrected chi connectivity index (χ3v) is 7.99. The highest BCUT2D eigenvalue weighted by atomic mass is 32.2. The molecule has 0 bridgehead atoms. The second-order valence-electron chi connectivity index (χ2n) is 9.50. The van der Waals surface area contributed by atoms with Crippen molar-refractivity contribution < 1.29 is 9.53 Å². The quantitative estimate of drug-likeness (QED) is 0.178. The molecule has 6 heteroatoms. The van der Waals surface area contributed by atoms with E-state index in [1.54, 1.807) is 20.8 Å². The standard InChI is InChI=1S/C27H25NS2.C5H11NO2/c1-2-29-21-25-26(19-12-20-28-25)30-27(22-13-6-3-7-14-22,23-15-8-4-9-16-23)24-17-10-5-11-18-24;1-5(2,3)8-4(6)7/h3-20H,2,21H2,1H3;1-3H3,(H2,6,7). The number of ether oxygens (including phenoxy) is 1. The van der Waals surface area contributed by atoms with Crippen molar-refractivity contribution in [3.8, 4) is 0 Å². The van der Waals surface area contributed by atoms with Crippen LogP contribution >= 0.6 is 23.5 Å². The molecule has 38 heavy (non-hydrogen) atoms. The first-order valence-corrected chi connectivity index (χ1v) is 14.6. The van der Waals surface area contributed by atoms with Gasteiger partial charge in [-0.3, -0.25) is 4.98 Å². The zero-order chi connectivity index (χ0) is 27.4. The molecule has 0 spiro atoms. The number of hydrogen-bond donors (Lipinski definition) is 1. The van der Waals surface area contributed by atoms with Crippen LogP contribution in [-0.2, 0) is 15.2 Å². The molecule has 0 aliphatic heterocycles. The van der Waals surface area contributed by atoms with E-state index in [0.717, 1.165) is 17.2 Å². The van der Waals surface area contributed by atoms with Crippen molar-refractivity contribution in [2.24, 2.45) is 5.73 Å². The molecular formula is C32H36N2O2S2. The van der Waals surface area contributed by atoms with Gasteiger partial charge in [-0.15, -0.1) is 11.8 Å². The summed E-state index contributed by atoms with van der Waals surface area (Å²) in [4.78, 5) is 16.0. The van der Waals surface area contributed by atoms with Gasteiger partial charge >= 0.3 is 6.09 Å². The van der Waals surface area contributed by atoms with E-state index in [9.17, 15) is 4.79 Å². The van der Waals surface area contributed by atoms with E-state index in [1.165, 1.54) is 21.6 Å². The van der Waals surface area contributed by atoms with Gasteiger partial charge in [-0.25, -0.2) is 4.79 Å². The van der Waals surface area contributed by atoms with Crippen molar-refractivity contribution in [3.05, 3.63) is 132 Å². The predicted octanol–water partition coefficient (Wildman–Crippen LogP) is 8.30. The van der Waals surface area contributed by atoms with Crippen molar-refractivity contribution in [3.63, 3.8) is 0 Å². The van der Waals surface area contributed by atoms with E-state index in [1.807, 2.05) is 35.8 Å². The highest BCUT2D eigenvalue weighted by molar-refractivity contribution is 8.01. The van der Waals surface area contributed by atoms with Crippen molar-refractivity contribution in [1.82, 2.24) is 4.98 Å². The Morgan fingerprint density at radius 1 is 0.789 bits per heavy atom. The first-order chi connectivity index (χ1) is 18.3. The molecule has 4 nitrogen and oxygen atoms in total. The van der Waals surface area contributed by atoms with Crippen LogP contribution in [-0.4, -0.2) is 22.4 Å². The molecule has 3 aromatic carbocycles. The zero-order valence-corrected chi connectivity index (χ0v) is 24.1. The molecule has 1 amide bonds. The van der Waals surface area contributed by atoms with Crippen molar-refractivity contribution >= 4 is 29.6 Å². The Morgan fingerprint density at radius 3 is 1.63 bits per heavy atom. The molecule has 0 saturated carbocycles. The number of aromatic nitrogens is 1. The van der Waals surface area contributed by atoms with Crippen molar-refractivity contribution in [2.45, 2.75) is 48.7 Å². The van der Waals surface area contributed by atoms with E-state index in [-0.39, 0.29) is 4.75 Å². The SMILES string of the molecule is CC(C)(C)OC(N)=O.CCSCc1ncccc1SC(c1ccccc1)(c1ccccc1)c1ccccc1. The van der Waals surface area contributed by atoms with Gasteiger partial charge in [0.1, 0.15) is 5.60 Å². The first kappa shape index (κ1) is 29.3. The molecule has 4 aromatic rings. The molecule has 0 radical (unpaired) electrons. The summed E-state index contributed by atoms with van der Waals surface area (Å²) in [5.41, 5.74) is 9.23. The van der Waals surface area contributed by atoms with Gasteiger partial charge in [0.25, 0.3) is 0 Å². The maximum atomic E-state index is 10.0. The van der Waals surface area contributed by atoms with Crippen LogP contribution in [0, 0.1) is 0 Å². The van der Waals surface area contributed by atoms with Gasteiger partial charge in [-0.2, -0.15) is 11.8 Å². The van der Waals surface area contributed by atoms with E-state index in [2.05, 4.69) is 109 Å². The van der Waals surface area contributed by atoms with E-state index >= 15 is 0 Å². The summed E-state index contributed by atoms with van der Waals surface area (Å²) in [7, 11) is 0. The van der Waals surface area contributed by atoms with Gasteiger partial charge in [-0.05, 0) is 55.3 Å². The third-order valence-electron chi connectivity index (χ3n) is 5.50. The predicted molar refractivity (Wildman–Crippen MR) is 162 cm³/mol. The molecular weight excluding hydrogens is 508 g/mol. The fraction of sp³-hybridized carbons (Fsp3) is 0.250. The number of hydrogen-bond acceptors (Lipinski definition) is 5. The monoisotopic (exact) mass is 544 g/mol. The van der Waals surface area contributed by atoms with Gasteiger partial charge in [0.15, 0.2) is 0 Å². The number of amides is 1. The second-order valence-corrected chi connectivity index (χ2v) is 12.0. The average Bonchev–Trinajstić information content (AvgIpc) is 2.91. The summed E-state index contributed by atoms with van der Waals surface area (Å²) < 4.78 is 4.21. The number of pyridine rings is 1. The van der Waals surface area contributed by atoms with Crippen LogP contribution in [0.1, 0.15) is 50.1 Å². The number of carbonyl (C=O) groups is 1. The summed E-state index contributed by atoms with van der Waals surface area (Å²) in [6.07, 6.45) is 1.18. The van der Waals surface area contributed by atoms with Crippen LogP contribution in [0.4, 0.5) is 4.79 Å². The van der Waals surface area contributed by atoms with Crippen molar-refractivity contribution in [1.29, 1.82) is 0 Å². The van der Waals surface area contributed by atoms with Gasteiger partial charge in [-0.1, -0.05) is 97.9 Å². The molecule has 198 valence electrons. The molecule has 1 heterocycles. The first-order valence-electron chi connectivity index (χ1n) is 12.6. The van der Waals surface area contributed by atoms with Crippen LogP contribution < -0.4 is 5.73 Å². The van der Waals surface area contributed by atoms with Crippen LogP contribution in [0.15, 0.2) is 114 Å². The van der Waals surface area contributed by atoms with Crippen LogP contribution in [0.25, 0.3) is 0 Å². The van der Waals surface area contributed by atoms with E-state index in [4.69, 9.17) is 10.7 Å². The molecule has 4 rings (SSSR count). The Kier molecular flexibility index (Phi) is 10.9. The lowest BCUT2D eigenvalue weighted by Gasteiger charge is -2.35. The van der Waals surface area contributed by atoms with Crippen LogP contribution in [0.5, 0.6) is 0 Å². The summed E-state index contributed by atoms with van der Waals surface area (Å²) in [5, 5.41) is 0. The number of nitrogens with zero attached hydrogens (tertiary/aromatic N) is 1. The number of benzene rings is 3. The van der Waals surface area contributed by atoms with Crippen LogP contribution in [0.3, 0.4) is 0 Å². The Balaban J connectivity index is 0.000000436. The lowest BCUT2D eigenvalue weighted by Crippen LogP contribution is -2.27. The molecule has 0 fully saturated rings. The molecule has 1 aromatic heterocycles. The molecule has 0 saturated heterocycles. The van der Waals surface area contributed by atoms with Crippen molar-refractivity contribution in [2.75, 3.05) is 5.75 Å². The fourth-order valence-corrected chi connectivity index (χ4v) is 6.19. The summed E-state index contributed by atoms with van der Waals surface area (Å²) in [6.45, 7) is 7.48. The molecule has 0 unspecified atom stereocenters. The highest BCUT2D eigenvalue weighted by Gasteiger charge is 2.38. The fourth-order valence-electron chi connectivity index (χ4n) is 3.99. The summed E-state index contributed by atoms with van der Waals surface area (Å²) >= 11 is 3.81. The average molecular weight is 545 g/mol. The zero-order valence-electron chi connectivity index (χ0n) is 22.5. The molecule has 2 N–H and O–H groups in total. The lowest BCUT2D eigenvalue weighted by atomic mass is 9.84. The number of primary amides is 1. The largest absolute Gasteiger partial charge is 0.444 e. The Hall–Kier alpha value is -3.22. The maximum Gasteiger partial charge on any atom is 0.405 e. The number of rotatable bonds is 8. The normalized spacial score (nSPS) is 11.3. The highest BCUT2D eigenvalue weighted by Crippen LogP contribution is 2.52. The minimum Gasteiger partial charge on any atom is -0.444 e. The maximum absolute atomic E-state index is 10.0. The topological polar surface area (TPSA) is 65.2 Å². The molecule has 0 atom stereocenters. The summed E-state index contributed by atoms with van der Waals surface area (Å²) in [6, 6.07) is 36.8. The Morgan fingerprint density at radius 2 is 1.26 bits per heavy atom. The third kappa shape index (κ3) is 8.14. The minimum atomic E-state index is -0.725. The van der Waals surface area contributed by atoms with Gasteiger partial charge < -0.3 is 10.5 Å². The van der Waals surface area contributed by atoms with Gasteiger partial charge in [0, 0.05) is 16.8 Å². The van der Waals surface area contributed by atoms with E-state index < -0.39 is 11.7 Å². The van der Waals surface area contributed by atoms with Gasteiger partial charge in [0.05, 0.1) is 10.4 Å². The molecule has 0 aliphatic rings. The molecule has 0 aliphatic carbocycles. The number of thioether (sulfide) groups is 2. The number of nitrogens with two attached hydrogens (primary N) is 1. The minimum absolute atomic E-state index is 0.363.